The summed E-state index contributed by atoms with van der Waals surface area (Å²) in [6.07, 6.45) is 0.510. The van der Waals surface area contributed by atoms with Crippen molar-refractivity contribution < 1.29 is 13.9 Å². The highest BCUT2D eigenvalue weighted by Gasteiger charge is 2.23. The highest BCUT2D eigenvalue weighted by atomic mass is 19.1. The Morgan fingerprint density at radius 2 is 1.89 bits per heavy atom. The standard InChI is InChI=1S/C14H21F2NO/c1-4-9(3)17-13(5-2)14(18)11-8-10(15)6-7-12(11)16/h6-9,13-14,17-18H,4-5H2,1-3H3. The van der Waals surface area contributed by atoms with E-state index >= 15 is 0 Å². The zero-order valence-electron chi connectivity index (χ0n) is 11.1. The van der Waals surface area contributed by atoms with E-state index in [4.69, 9.17) is 0 Å². The fourth-order valence-corrected chi connectivity index (χ4v) is 1.87. The molecule has 0 aromatic heterocycles. The molecule has 2 N–H and O–H groups in total. The second-order valence-corrected chi connectivity index (χ2v) is 4.60. The molecule has 4 heteroatoms. The lowest BCUT2D eigenvalue weighted by atomic mass is 9.98. The highest BCUT2D eigenvalue weighted by molar-refractivity contribution is 5.22. The van der Waals surface area contributed by atoms with Crippen molar-refractivity contribution in [2.24, 2.45) is 0 Å². The van der Waals surface area contributed by atoms with Gasteiger partial charge in [-0.3, -0.25) is 0 Å². The van der Waals surface area contributed by atoms with Gasteiger partial charge in [0.15, 0.2) is 0 Å². The fraction of sp³-hybridized carbons (Fsp3) is 0.571. The van der Waals surface area contributed by atoms with E-state index in [2.05, 4.69) is 5.32 Å². The van der Waals surface area contributed by atoms with Crippen LogP contribution in [-0.2, 0) is 0 Å². The smallest absolute Gasteiger partial charge is 0.129 e. The molecule has 0 fully saturated rings. The molecule has 18 heavy (non-hydrogen) atoms. The van der Waals surface area contributed by atoms with Crippen molar-refractivity contribution in [1.82, 2.24) is 5.32 Å². The third-order valence-electron chi connectivity index (χ3n) is 3.21. The summed E-state index contributed by atoms with van der Waals surface area (Å²) in [5, 5.41) is 13.4. The van der Waals surface area contributed by atoms with Crippen molar-refractivity contribution in [3.8, 4) is 0 Å². The van der Waals surface area contributed by atoms with Crippen LogP contribution < -0.4 is 5.32 Å². The van der Waals surface area contributed by atoms with Gasteiger partial charge in [-0.2, -0.15) is 0 Å². The minimum Gasteiger partial charge on any atom is -0.387 e. The first-order valence-electron chi connectivity index (χ1n) is 6.38. The van der Waals surface area contributed by atoms with Crippen molar-refractivity contribution in [1.29, 1.82) is 0 Å². The zero-order valence-corrected chi connectivity index (χ0v) is 11.1. The van der Waals surface area contributed by atoms with Crippen LogP contribution in [0.4, 0.5) is 8.78 Å². The van der Waals surface area contributed by atoms with Gasteiger partial charge >= 0.3 is 0 Å². The van der Waals surface area contributed by atoms with E-state index in [0.717, 1.165) is 24.6 Å². The third kappa shape index (κ3) is 3.75. The van der Waals surface area contributed by atoms with Crippen LogP contribution in [0.3, 0.4) is 0 Å². The Labute approximate surface area is 107 Å². The number of halogens is 2. The van der Waals surface area contributed by atoms with Crippen LogP contribution in [0, 0.1) is 11.6 Å². The molecule has 0 spiro atoms. The van der Waals surface area contributed by atoms with Crippen molar-refractivity contribution in [3.63, 3.8) is 0 Å². The number of aliphatic hydroxyl groups is 1. The van der Waals surface area contributed by atoms with Crippen LogP contribution in [0.25, 0.3) is 0 Å². The minimum atomic E-state index is -1.04. The molecule has 0 amide bonds. The molecule has 3 atom stereocenters. The molecule has 1 rings (SSSR count). The van der Waals surface area contributed by atoms with E-state index in [1.165, 1.54) is 0 Å². The fourth-order valence-electron chi connectivity index (χ4n) is 1.87. The van der Waals surface area contributed by atoms with Crippen molar-refractivity contribution >= 4 is 0 Å². The summed E-state index contributed by atoms with van der Waals surface area (Å²) in [4.78, 5) is 0. The Balaban J connectivity index is 2.88. The van der Waals surface area contributed by atoms with Crippen LogP contribution in [0.15, 0.2) is 18.2 Å². The first-order valence-corrected chi connectivity index (χ1v) is 6.38. The molecule has 102 valence electrons. The number of hydrogen-bond acceptors (Lipinski definition) is 2. The van der Waals surface area contributed by atoms with Gasteiger partial charge in [0.1, 0.15) is 11.6 Å². The highest BCUT2D eigenvalue weighted by Crippen LogP contribution is 2.23. The number of benzene rings is 1. The maximum atomic E-state index is 13.6. The predicted octanol–water partition coefficient (Wildman–Crippen LogP) is 3.16. The van der Waals surface area contributed by atoms with Gasteiger partial charge in [0, 0.05) is 17.6 Å². The monoisotopic (exact) mass is 257 g/mol. The molecule has 0 bridgehead atoms. The second kappa shape index (κ2) is 6.81. The molecule has 2 nitrogen and oxygen atoms in total. The number of rotatable bonds is 6. The lowest BCUT2D eigenvalue weighted by molar-refractivity contribution is 0.116. The van der Waals surface area contributed by atoms with E-state index in [1.807, 2.05) is 20.8 Å². The number of aliphatic hydroxyl groups excluding tert-OH is 1. The maximum Gasteiger partial charge on any atom is 0.129 e. The lowest BCUT2D eigenvalue weighted by Crippen LogP contribution is -2.40. The number of nitrogens with one attached hydrogen (secondary N) is 1. The van der Waals surface area contributed by atoms with Gasteiger partial charge in [-0.05, 0) is 38.0 Å². The molecule has 1 aromatic carbocycles. The molecule has 0 aliphatic carbocycles. The van der Waals surface area contributed by atoms with E-state index in [-0.39, 0.29) is 17.6 Å². The van der Waals surface area contributed by atoms with E-state index in [9.17, 15) is 13.9 Å². The van der Waals surface area contributed by atoms with Gasteiger partial charge < -0.3 is 10.4 Å². The number of hydrogen-bond donors (Lipinski definition) is 2. The van der Waals surface area contributed by atoms with Gasteiger partial charge in [-0.15, -0.1) is 0 Å². The Bertz CT molecular complexity index is 384. The first kappa shape index (κ1) is 15.1. The Morgan fingerprint density at radius 1 is 1.22 bits per heavy atom. The van der Waals surface area contributed by atoms with E-state index in [0.29, 0.717) is 6.42 Å². The predicted molar refractivity (Wildman–Crippen MR) is 68.3 cm³/mol. The summed E-state index contributed by atoms with van der Waals surface area (Å²) < 4.78 is 26.7. The van der Waals surface area contributed by atoms with Crippen LogP contribution in [0.1, 0.15) is 45.3 Å². The minimum absolute atomic E-state index is 0.0117. The van der Waals surface area contributed by atoms with Crippen LogP contribution in [0.5, 0.6) is 0 Å². The molecule has 0 heterocycles. The Kier molecular flexibility index (Phi) is 5.69. The third-order valence-corrected chi connectivity index (χ3v) is 3.21. The van der Waals surface area contributed by atoms with E-state index < -0.39 is 17.7 Å². The van der Waals surface area contributed by atoms with Crippen LogP contribution >= 0.6 is 0 Å². The Hall–Kier alpha value is -1.00. The first-order chi connectivity index (χ1) is 8.49. The molecular weight excluding hydrogens is 236 g/mol. The summed E-state index contributed by atoms with van der Waals surface area (Å²) in [5.41, 5.74) is 0.0117. The van der Waals surface area contributed by atoms with E-state index in [1.54, 1.807) is 0 Å². The van der Waals surface area contributed by atoms with Crippen molar-refractivity contribution in [2.45, 2.75) is 51.8 Å². The summed E-state index contributed by atoms with van der Waals surface area (Å²) in [6.45, 7) is 5.93. The molecular formula is C14H21F2NO. The van der Waals surface area contributed by atoms with Gasteiger partial charge in [-0.1, -0.05) is 13.8 Å². The average Bonchev–Trinajstić information content (AvgIpc) is 2.37. The second-order valence-electron chi connectivity index (χ2n) is 4.60. The van der Waals surface area contributed by atoms with Gasteiger partial charge in [0.2, 0.25) is 0 Å². The lowest BCUT2D eigenvalue weighted by Gasteiger charge is -2.26. The van der Waals surface area contributed by atoms with Gasteiger partial charge in [-0.25, -0.2) is 8.78 Å². The molecule has 1 aromatic rings. The molecule has 0 radical (unpaired) electrons. The van der Waals surface area contributed by atoms with Gasteiger partial charge in [0.25, 0.3) is 0 Å². The molecule has 3 unspecified atom stereocenters. The molecule has 0 aliphatic heterocycles. The SMILES string of the molecule is CCC(C)NC(CC)C(O)c1cc(F)ccc1F. The maximum absolute atomic E-state index is 13.6. The summed E-state index contributed by atoms with van der Waals surface area (Å²) in [5.74, 6) is -1.11. The normalized spacial score (nSPS) is 16.3. The quantitative estimate of drug-likeness (QED) is 0.820. The van der Waals surface area contributed by atoms with Crippen molar-refractivity contribution in [3.05, 3.63) is 35.4 Å². The molecule has 0 saturated heterocycles. The van der Waals surface area contributed by atoms with Gasteiger partial charge in [0.05, 0.1) is 6.10 Å². The Morgan fingerprint density at radius 3 is 2.44 bits per heavy atom. The molecule has 0 saturated carbocycles. The largest absolute Gasteiger partial charge is 0.387 e. The molecule has 0 aliphatic rings. The van der Waals surface area contributed by atoms with Crippen molar-refractivity contribution in [2.75, 3.05) is 0 Å². The topological polar surface area (TPSA) is 32.3 Å². The zero-order chi connectivity index (χ0) is 13.7. The van der Waals surface area contributed by atoms with Crippen LogP contribution in [0.2, 0.25) is 0 Å². The average molecular weight is 257 g/mol. The summed E-state index contributed by atoms with van der Waals surface area (Å²) in [6, 6.07) is 3.09. The summed E-state index contributed by atoms with van der Waals surface area (Å²) in [7, 11) is 0. The van der Waals surface area contributed by atoms with Crippen LogP contribution in [-0.4, -0.2) is 17.2 Å². The summed E-state index contributed by atoms with van der Waals surface area (Å²) >= 11 is 0.